The van der Waals surface area contributed by atoms with E-state index in [4.69, 9.17) is 15.0 Å². The Balaban J connectivity index is 1.01. The smallest absolute Gasteiger partial charge is 0.164 e. The van der Waals surface area contributed by atoms with E-state index in [-0.39, 0.29) is 0 Å². The normalized spacial score (nSPS) is 16.1. The van der Waals surface area contributed by atoms with Crippen LogP contribution in [-0.2, 0) is 0 Å². The highest BCUT2D eigenvalue weighted by Crippen LogP contribution is 2.44. The molecule has 0 fully saturated rings. The Morgan fingerprint density at radius 3 is 2.15 bits per heavy atom. The average Bonchev–Trinajstić information content (AvgIpc) is 3.61. The second-order valence-electron chi connectivity index (χ2n) is 14.7. The molecule has 55 heavy (non-hydrogen) atoms. The third-order valence-electron chi connectivity index (χ3n) is 11.5. The Morgan fingerprint density at radius 2 is 1.29 bits per heavy atom. The number of aromatic nitrogens is 4. The summed E-state index contributed by atoms with van der Waals surface area (Å²) in [4.78, 5) is 14.9. The minimum Gasteiger partial charge on any atom is -0.309 e. The highest BCUT2D eigenvalue weighted by Gasteiger charge is 2.25. The van der Waals surface area contributed by atoms with Gasteiger partial charge in [-0.1, -0.05) is 134 Å². The molecular formula is C51H36N4. The lowest BCUT2D eigenvalue weighted by Gasteiger charge is -2.28. The number of hydrogen-bond acceptors (Lipinski definition) is 3. The van der Waals surface area contributed by atoms with Gasteiger partial charge in [0.15, 0.2) is 17.5 Å². The molecule has 4 nitrogen and oxygen atoms in total. The van der Waals surface area contributed by atoms with Crippen molar-refractivity contribution in [3.05, 3.63) is 198 Å². The van der Waals surface area contributed by atoms with Gasteiger partial charge in [0.05, 0.1) is 11.0 Å². The van der Waals surface area contributed by atoms with Crippen molar-refractivity contribution in [1.82, 2.24) is 19.5 Å². The van der Waals surface area contributed by atoms with Gasteiger partial charge >= 0.3 is 0 Å². The Hall–Kier alpha value is -6.91. The first-order chi connectivity index (χ1) is 27.2. The van der Waals surface area contributed by atoms with Crippen molar-refractivity contribution in [3.63, 3.8) is 0 Å². The first-order valence-corrected chi connectivity index (χ1v) is 19.2. The maximum atomic E-state index is 5.02. The molecule has 2 aromatic heterocycles. The van der Waals surface area contributed by atoms with E-state index in [0.717, 1.165) is 47.5 Å². The van der Waals surface area contributed by atoms with Crippen molar-refractivity contribution in [2.24, 2.45) is 0 Å². The predicted octanol–water partition coefficient (Wildman–Crippen LogP) is 12.7. The monoisotopic (exact) mass is 704 g/mol. The summed E-state index contributed by atoms with van der Waals surface area (Å²) in [6, 6.07) is 48.1. The molecule has 11 rings (SSSR count). The largest absolute Gasteiger partial charge is 0.309 e. The minimum atomic E-state index is 0.383. The summed E-state index contributed by atoms with van der Waals surface area (Å²) >= 11 is 0. The van der Waals surface area contributed by atoms with E-state index in [1.807, 2.05) is 18.2 Å². The van der Waals surface area contributed by atoms with Crippen LogP contribution in [0.5, 0.6) is 0 Å². The van der Waals surface area contributed by atoms with Crippen molar-refractivity contribution < 1.29 is 0 Å². The van der Waals surface area contributed by atoms with Gasteiger partial charge in [0, 0.05) is 33.5 Å². The minimum absolute atomic E-state index is 0.383. The van der Waals surface area contributed by atoms with E-state index in [2.05, 4.69) is 162 Å². The van der Waals surface area contributed by atoms with Crippen LogP contribution in [0.15, 0.2) is 175 Å². The highest BCUT2D eigenvalue weighted by molar-refractivity contribution is 6.21. The molecule has 2 heterocycles. The fourth-order valence-electron chi connectivity index (χ4n) is 8.74. The van der Waals surface area contributed by atoms with Gasteiger partial charge in [0.1, 0.15) is 0 Å². The van der Waals surface area contributed by atoms with Crippen LogP contribution in [0.2, 0.25) is 0 Å². The Kier molecular flexibility index (Phi) is 7.41. The highest BCUT2D eigenvalue weighted by atomic mass is 15.0. The molecule has 260 valence electrons. The lowest BCUT2D eigenvalue weighted by atomic mass is 9.76. The lowest BCUT2D eigenvalue weighted by Crippen LogP contribution is -2.10. The van der Waals surface area contributed by atoms with Gasteiger partial charge < -0.3 is 4.57 Å². The Labute approximate surface area is 319 Å². The number of hydrogen-bond donors (Lipinski definition) is 0. The Morgan fingerprint density at radius 1 is 0.545 bits per heavy atom. The molecule has 3 aliphatic rings. The fraction of sp³-hybridized carbons (Fsp3) is 0.0784. The van der Waals surface area contributed by atoms with Gasteiger partial charge in [-0.05, 0) is 106 Å². The molecule has 4 heteroatoms. The van der Waals surface area contributed by atoms with Crippen LogP contribution in [0.25, 0.3) is 78.3 Å². The number of para-hydroxylation sites is 1. The third-order valence-corrected chi connectivity index (χ3v) is 11.5. The lowest BCUT2D eigenvalue weighted by molar-refractivity contribution is 0.823. The predicted molar refractivity (Wildman–Crippen MR) is 228 cm³/mol. The molecule has 0 amide bonds. The van der Waals surface area contributed by atoms with Crippen molar-refractivity contribution in [3.8, 4) is 28.5 Å². The van der Waals surface area contributed by atoms with E-state index in [1.54, 1.807) is 0 Å². The maximum Gasteiger partial charge on any atom is 0.164 e. The second-order valence-corrected chi connectivity index (χ2v) is 14.7. The zero-order valence-electron chi connectivity index (χ0n) is 30.2. The summed E-state index contributed by atoms with van der Waals surface area (Å²) in [6.45, 7) is 0. The number of nitrogens with zero attached hydrogens (tertiary/aromatic N) is 4. The topological polar surface area (TPSA) is 43.6 Å². The third kappa shape index (κ3) is 5.41. The summed E-state index contributed by atoms with van der Waals surface area (Å²) < 4.78 is 2.40. The zero-order chi connectivity index (χ0) is 36.3. The van der Waals surface area contributed by atoms with Gasteiger partial charge in [0.2, 0.25) is 0 Å². The van der Waals surface area contributed by atoms with E-state index < -0.39 is 0 Å². The first kappa shape index (κ1) is 31.6. The molecule has 8 aromatic rings. The molecule has 6 aromatic carbocycles. The number of allylic oxidation sites excluding steroid dienone is 9. The van der Waals surface area contributed by atoms with Crippen LogP contribution < -0.4 is 0 Å². The van der Waals surface area contributed by atoms with Crippen LogP contribution in [0.4, 0.5) is 0 Å². The first-order valence-electron chi connectivity index (χ1n) is 19.2. The number of benzene rings is 6. The fourth-order valence-corrected chi connectivity index (χ4v) is 8.74. The molecule has 0 bridgehead atoms. The van der Waals surface area contributed by atoms with Crippen molar-refractivity contribution >= 4 is 49.8 Å². The van der Waals surface area contributed by atoms with Gasteiger partial charge in [0.25, 0.3) is 0 Å². The summed E-state index contributed by atoms with van der Waals surface area (Å²) in [5.41, 5.74) is 13.4. The van der Waals surface area contributed by atoms with Crippen molar-refractivity contribution in [2.45, 2.75) is 25.2 Å². The summed E-state index contributed by atoms with van der Waals surface area (Å²) in [7, 11) is 0. The molecule has 0 saturated carbocycles. The molecule has 0 saturated heterocycles. The molecule has 1 atom stereocenters. The number of rotatable bonds is 5. The summed E-state index contributed by atoms with van der Waals surface area (Å²) in [5.74, 6) is 2.49. The van der Waals surface area contributed by atoms with Crippen LogP contribution in [-0.4, -0.2) is 19.5 Å². The molecule has 0 aliphatic heterocycles. The molecule has 0 radical (unpaired) electrons. The second kappa shape index (κ2) is 12.9. The SMILES string of the molecule is C1=CCCC(c2nc(-c3ccccc3)nc(-c3ccc(-n4c5ccccc5c5c6cc(C7=CC=C8C=Cc9ccccc9C8C7)ccc6ccc54)cc3)n2)=C1. The van der Waals surface area contributed by atoms with Gasteiger partial charge in [-0.15, -0.1) is 0 Å². The molecule has 0 spiro atoms. The van der Waals surface area contributed by atoms with E-state index in [0.29, 0.717) is 17.6 Å². The summed E-state index contributed by atoms with van der Waals surface area (Å²) in [5, 5.41) is 5.05. The quantitative estimate of drug-likeness (QED) is 0.179. The molecule has 3 aliphatic carbocycles. The molecule has 1 unspecified atom stereocenters. The standard InChI is InChI=1S/C51H36N4/c1-3-12-36(13-4-1)49-52-50(37-14-5-2-6-15-37)54-51(53-49)38-25-28-41(29-26-38)55-46-18-10-9-17-43(46)48-45-32-40(24-22-35(45)27-30-47(48)55)39-23-21-34-20-19-33-11-7-8-16-42(33)44(34)31-39/h1-5,7-14,16-30,32,44H,6,15,31H2. The summed E-state index contributed by atoms with van der Waals surface area (Å²) in [6.07, 6.45) is 18.5. The maximum absolute atomic E-state index is 5.02. The van der Waals surface area contributed by atoms with Crippen LogP contribution in [0.1, 0.15) is 47.7 Å². The average molecular weight is 705 g/mol. The van der Waals surface area contributed by atoms with Crippen molar-refractivity contribution in [2.75, 3.05) is 0 Å². The van der Waals surface area contributed by atoms with Crippen molar-refractivity contribution in [1.29, 1.82) is 0 Å². The van der Waals surface area contributed by atoms with Gasteiger partial charge in [-0.25, -0.2) is 15.0 Å². The molecular weight excluding hydrogens is 669 g/mol. The van der Waals surface area contributed by atoms with E-state index in [1.165, 1.54) is 60.4 Å². The van der Waals surface area contributed by atoms with Gasteiger partial charge in [-0.3, -0.25) is 0 Å². The molecule has 0 N–H and O–H groups in total. The zero-order valence-corrected chi connectivity index (χ0v) is 30.2. The van der Waals surface area contributed by atoms with Crippen LogP contribution in [0.3, 0.4) is 0 Å². The number of fused-ring (bicyclic) bond motifs is 8. The Bertz CT molecular complexity index is 2990. The van der Waals surface area contributed by atoms with Crippen LogP contribution >= 0.6 is 0 Å². The van der Waals surface area contributed by atoms with Crippen LogP contribution in [0, 0.1) is 0 Å². The van der Waals surface area contributed by atoms with E-state index >= 15 is 0 Å². The van der Waals surface area contributed by atoms with E-state index in [9.17, 15) is 0 Å². The van der Waals surface area contributed by atoms with Gasteiger partial charge in [-0.2, -0.15) is 0 Å².